The summed E-state index contributed by atoms with van der Waals surface area (Å²) in [4.78, 5) is 14.5. The van der Waals surface area contributed by atoms with Gasteiger partial charge in [0.25, 0.3) is 5.91 Å². The van der Waals surface area contributed by atoms with Crippen molar-refractivity contribution in [1.82, 2.24) is 14.9 Å². The van der Waals surface area contributed by atoms with Crippen LogP contribution < -0.4 is 10.0 Å². The number of hydrogen-bond acceptors (Lipinski definition) is 4. The summed E-state index contributed by atoms with van der Waals surface area (Å²) in [5.74, 6) is -0.823. The minimum absolute atomic E-state index is 0.0121. The molecule has 6 nitrogen and oxygen atoms in total. The number of benzene rings is 3. The molecule has 0 spiro atoms. The van der Waals surface area contributed by atoms with Gasteiger partial charge in [-0.2, -0.15) is 0 Å². The maximum atomic E-state index is 13.6. The molecular formula is C24H25ClFN3O3S. The lowest BCUT2D eigenvalue weighted by Crippen LogP contribution is -2.34. The third-order valence-electron chi connectivity index (χ3n) is 5.10. The molecule has 3 rings (SSSR count). The smallest absolute Gasteiger partial charge is 0.251 e. The predicted molar refractivity (Wildman–Crippen MR) is 127 cm³/mol. The van der Waals surface area contributed by atoms with Crippen LogP contribution >= 0.6 is 11.6 Å². The van der Waals surface area contributed by atoms with Gasteiger partial charge in [0, 0.05) is 18.7 Å². The lowest BCUT2D eigenvalue weighted by atomic mass is 10.1. The standard InChI is InChI=1S/C24H25ClFN3O3S/c1-29(2)22(18-9-6-10-20(26)13-18)16-27-24(30)19-11-12-21(25)23(14-19)33(31,32)28-15-17-7-4-3-5-8-17/h3-14,22,28H,15-16H2,1-2H3,(H,27,30). The first-order valence-electron chi connectivity index (χ1n) is 10.2. The van der Waals surface area contributed by atoms with Crippen LogP contribution in [0.5, 0.6) is 0 Å². The number of halogens is 2. The van der Waals surface area contributed by atoms with Crippen LogP contribution in [-0.2, 0) is 16.6 Å². The average molecular weight is 490 g/mol. The van der Waals surface area contributed by atoms with E-state index < -0.39 is 15.9 Å². The molecule has 3 aromatic carbocycles. The number of hydrogen-bond donors (Lipinski definition) is 2. The summed E-state index contributed by atoms with van der Waals surface area (Å²) >= 11 is 6.14. The quantitative estimate of drug-likeness (QED) is 0.476. The molecule has 3 aromatic rings. The van der Waals surface area contributed by atoms with E-state index in [9.17, 15) is 17.6 Å². The van der Waals surface area contributed by atoms with Gasteiger partial charge in [0.1, 0.15) is 10.7 Å². The normalized spacial score (nSPS) is 12.5. The molecule has 33 heavy (non-hydrogen) atoms. The fourth-order valence-corrected chi connectivity index (χ4v) is 4.85. The minimum Gasteiger partial charge on any atom is -0.350 e. The van der Waals surface area contributed by atoms with E-state index in [-0.39, 0.29) is 40.4 Å². The van der Waals surface area contributed by atoms with Crippen LogP contribution in [0.2, 0.25) is 5.02 Å². The SMILES string of the molecule is CN(C)C(CNC(=O)c1ccc(Cl)c(S(=O)(=O)NCc2ccccc2)c1)c1cccc(F)c1. The Labute approximate surface area is 198 Å². The Morgan fingerprint density at radius 1 is 1.03 bits per heavy atom. The second-order valence-corrected chi connectivity index (χ2v) is 9.84. The fraction of sp³-hybridized carbons (Fsp3) is 0.208. The van der Waals surface area contributed by atoms with Crippen molar-refractivity contribution in [2.75, 3.05) is 20.6 Å². The summed E-state index contributed by atoms with van der Waals surface area (Å²) < 4.78 is 41.8. The van der Waals surface area contributed by atoms with Gasteiger partial charge in [0.2, 0.25) is 10.0 Å². The van der Waals surface area contributed by atoms with Crippen LogP contribution in [-0.4, -0.2) is 39.9 Å². The largest absolute Gasteiger partial charge is 0.350 e. The highest BCUT2D eigenvalue weighted by Gasteiger charge is 2.21. The summed E-state index contributed by atoms with van der Waals surface area (Å²) in [6, 6.07) is 19.0. The van der Waals surface area contributed by atoms with Gasteiger partial charge in [0.15, 0.2) is 0 Å². The summed E-state index contributed by atoms with van der Waals surface area (Å²) in [6.45, 7) is 0.292. The lowest BCUT2D eigenvalue weighted by molar-refractivity contribution is 0.0941. The number of rotatable bonds is 9. The highest BCUT2D eigenvalue weighted by molar-refractivity contribution is 7.89. The number of carbonyl (C=O) groups excluding carboxylic acids is 1. The first kappa shape index (κ1) is 24.9. The molecule has 2 N–H and O–H groups in total. The van der Waals surface area contributed by atoms with Gasteiger partial charge in [-0.15, -0.1) is 0 Å². The van der Waals surface area contributed by atoms with E-state index in [2.05, 4.69) is 10.0 Å². The van der Waals surface area contributed by atoms with Gasteiger partial charge in [-0.3, -0.25) is 4.79 Å². The molecule has 0 aliphatic carbocycles. The zero-order valence-corrected chi connectivity index (χ0v) is 19.8. The maximum absolute atomic E-state index is 13.6. The third kappa shape index (κ3) is 6.61. The Kier molecular flexibility index (Phi) is 8.20. The number of nitrogens with zero attached hydrogens (tertiary/aromatic N) is 1. The van der Waals surface area contributed by atoms with Crippen LogP contribution in [0.25, 0.3) is 0 Å². The zero-order valence-electron chi connectivity index (χ0n) is 18.3. The molecular weight excluding hydrogens is 465 g/mol. The van der Waals surface area contributed by atoms with Crippen molar-refractivity contribution in [3.63, 3.8) is 0 Å². The molecule has 1 amide bonds. The molecule has 0 aliphatic heterocycles. The Hall–Kier alpha value is -2.78. The number of likely N-dealkylation sites (N-methyl/N-ethyl adjacent to an activating group) is 1. The molecule has 174 valence electrons. The summed E-state index contributed by atoms with van der Waals surface area (Å²) in [5, 5.41) is 2.81. The molecule has 0 bridgehead atoms. The van der Waals surface area contributed by atoms with Gasteiger partial charge < -0.3 is 10.2 Å². The Bertz CT molecular complexity index is 1220. The number of nitrogens with one attached hydrogen (secondary N) is 2. The van der Waals surface area contributed by atoms with Crippen molar-refractivity contribution in [2.45, 2.75) is 17.5 Å². The first-order chi connectivity index (χ1) is 15.7. The van der Waals surface area contributed by atoms with Crippen molar-refractivity contribution in [3.8, 4) is 0 Å². The van der Waals surface area contributed by atoms with Gasteiger partial charge in [-0.05, 0) is 55.6 Å². The number of carbonyl (C=O) groups is 1. The van der Waals surface area contributed by atoms with Gasteiger partial charge in [-0.1, -0.05) is 54.1 Å². The van der Waals surface area contributed by atoms with Crippen LogP contribution in [0.4, 0.5) is 4.39 Å². The molecule has 9 heteroatoms. The second kappa shape index (κ2) is 10.9. The minimum atomic E-state index is -3.95. The van der Waals surface area contributed by atoms with Crippen LogP contribution in [0.15, 0.2) is 77.7 Å². The molecule has 1 unspecified atom stereocenters. The highest BCUT2D eigenvalue weighted by Crippen LogP contribution is 2.23. The topological polar surface area (TPSA) is 78.5 Å². The average Bonchev–Trinajstić information content (AvgIpc) is 2.78. The summed E-state index contributed by atoms with van der Waals surface area (Å²) in [5.41, 5.74) is 1.65. The van der Waals surface area contributed by atoms with Gasteiger partial charge in [0.05, 0.1) is 11.1 Å². The Balaban J connectivity index is 1.74. The Morgan fingerprint density at radius 3 is 2.42 bits per heavy atom. The fourth-order valence-electron chi connectivity index (χ4n) is 3.31. The van der Waals surface area contributed by atoms with E-state index in [0.29, 0.717) is 5.56 Å². The third-order valence-corrected chi connectivity index (χ3v) is 6.99. The Morgan fingerprint density at radius 2 is 1.76 bits per heavy atom. The number of sulfonamides is 1. The molecule has 0 radical (unpaired) electrons. The number of amides is 1. The van der Waals surface area contributed by atoms with Crippen molar-refractivity contribution < 1.29 is 17.6 Å². The van der Waals surface area contributed by atoms with E-state index >= 15 is 0 Å². The molecule has 0 fully saturated rings. The monoisotopic (exact) mass is 489 g/mol. The summed E-state index contributed by atoms with van der Waals surface area (Å²) in [6.07, 6.45) is 0. The molecule has 1 atom stereocenters. The predicted octanol–water partition coefficient (Wildman–Crippen LogP) is 3.99. The molecule has 0 saturated carbocycles. The zero-order chi connectivity index (χ0) is 24.0. The van der Waals surface area contributed by atoms with E-state index in [0.717, 1.165) is 5.56 Å². The lowest BCUT2D eigenvalue weighted by Gasteiger charge is -2.25. The van der Waals surface area contributed by atoms with Gasteiger partial charge >= 0.3 is 0 Å². The van der Waals surface area contributed by atoms with Crippen molar-refractivity contribution in [1.29, 1.82) is 0 Å². The van der Waals surface area contributed by atoms with Crippen molar-refractivity contribution in [2.24, 2.45) is 0 Å². The van der Waals surface area contributed by atoms with E-state index in [1.54, 1.807) is 24.3 Å². The molecule has 0 heterocycles. The van der Waals surface area contributed by atoms with E-state index in [1.165, 1.54) is 30.3 Å². The van der Waals surface area contributed by atoms with E-state index in [4.69, 9.17) is 11.6 Å². The highest BCUT2D eigenvalue weighted by atomic mass is 35.5. The van der Waals surface area contributed by atoms with Crippen LogP contribution in [0.3, 0.4) is 0 Å². The second-order valence-electron chi connectivity index (χ2n) is 7.70. The van der Waals surface area contributed by atoms with Gasteiger partial charge in [-0.25, -0.2) is 17.5 Å². The molecule has 0 aliphatic rings. The van der Waals surface area contributed by atoms with E-state index in [1.807, 2.05) is 37.2 Å². The van der Waals surface area contributed by atoms with Crippen LogP contribution in [0, 0.1) is 5.82 Å². The van der Waals surface area contributed by atoms with Crippen molar-refractivity contribution in [3.05, 3.63) is 100 Å². The van der Waals surface area contributed by atoms with Crippen LogP contribution in [0.1, 0.15) is 27.5 Å². The molecule has 0 aromatic heterocycles. The maximum Gasteiger partial charge on any atom is 0.251 e. The summed E-state index contributed by atoms with van der Waals surface area (Å²) in [7, 11) is -0.296. The van der Waals surface area contributed by atoms with Crippen molar-refractivity contribution >= 4 is 27.5 Å². The molecule has 0 saturated heterocycles. The first-order valence-corrected chi connectivity index (χ1v) is 12.1.